The molecule has 18 heavy (non-hydrogen) atoms. The molecule has 0 aliphatic carbocycles. The summed E-state index contributed by atoms with van der Waals surface area (Å²) in [5.74, 6) is 0.856. The fraction of sp³-hybridized carbons (Fsp3) is 0.833. The quantitative estimate of drug-likeness (QED) is 0.797. The van der Waals surface area contributed by atoms with Gasteiger partial charge in [0, 0.05) is 18.8 Å². The van der Waals surface area contributed by atoms with E-state index in [4.69, 9.17) is 0 Å². The van der Waals surface area contributed by atoms with Gasteiger partial charge in [0.1, 0.15) is 5.54 Å². The van der Waals surface area contributed by atoms with Crippen LogP contribution in [0, 0.1) is 5.92 Å². The van der Waals surface area contributed by atoms with Crippen molar-refractivity contribution in [3.63, 3.8) is 0 Å². The smallest absolute Gasteiger partial charge is 0.330 e. The Morgan fingerprint density at radius 2 is 2.28 bits per heavy atom. The number of carbonyl (C=O) groups is 2. The number of urea groups is 1. The average Bonchev–Trinajstić information content (AvgIpc) is 2.79. The number of hydrogen-bond acceptors (Lipinski definition) is 3. The molecule has 2 atom stereocenters. The van der Waals surface area contributed by atoms with E-state index in [1.54, 1.807) is 16.7 Å². The number of thioether (sulfide) groups is 1. The van der Waals surface area contributed by atoms with Crippen LogP contribution in [-0.2, 0) is 4.79 Å². The molecule has 5 nitrogen and oxygen atoms in total. The molecule has 2 rings (SSSR count). The minimum atomic E-state index is -1.05. The van der Waals surface area contributed by atoms with Gasteiger partial charge in [-0.3, -0.25) is 0 Å². The molecule has 2 fully saturated rings. The maximum atomic E-state index is 12.2. The first kappa shape index (κ1) is 13.5. The minimum Gasteiger partial charge on any atom is -0.479 e. The number of carboxylic acid groups (broad SMARTS) is 1. The summed E-state index contributed by atoms with van der Waals surface area (Å²) in [5.41, 5.74) is -1.05. The third-order valence-corrected chi connectivity index (χ3v) is 4.91. The van der Waals surface area contributed by atoms with Crippen LogP contribution in [0.15, 0.2) is 0 Å². The Bertz CT molecular complexity index is 342. The van der Waals surface area contributed by atoms with Gasteiger partial charge in [-0.1, -0.05) is 6.92 Å². The van der Waals surface area contributed by atoms with Crippen molar-refractivity contribution in [3.8, 4) is 0 Å². The van der Waals surface area contributed by atoms with Crippen molar-refractivity contribution in [1.82, 2.24) is 10.2 Å². The van der Waals surface area contributed by atoms with Gasteiger partial charge in [-0.2, -0.15) is 11.8 Å². The number of piperidine rings is 1. The van der Waals surface area contributed by atoms with Crippen LogP contribution in [0.3, 0.4) is 0 Å². The lowest BCUT2D eigenvalue weighted by molar-refractivity contribution is -0.143. The molecule has 2 aliphatic rings. The van der Waals surface area contributed by atoms with Gasteiger partial charge in [0.05, 0.1) is 0 Å². The molecule has 0 aromatic heterocycles. The summed E-state index contributed by atoms with van der Waals surface area (Å²) in [5, 5.41) is 12.1. The number of nitrogens with one attached hydrogen (secondary N) is 1. The van der Waals surface area contributed by atoms with Crippen molar-refractivity contribution in [3.05, 3.63) is 0 Å². The van der Waals surface area contributed by atoms with Gasteiger partial charge in [0.15, 0.2) is 0 Å². The van der Waals surface area contributed by atoms with E-state index in [0.29, 0.717) is 18.1 Å². The van der Waals surface area contributed by atoms with E-state index in [0.717, 1.165) is 31.7 Å². The van der Waals surface area contributed by atoms with Crippen molar-refractivity contribution in [2.45, 2.75) is 31.7 Å². The summed E-state index contributed by atoms with van der Waals surface area (Å²) in [6.07, 6.45) is 2.66. The summed E-state index contributed by atoms with van der Waals surface area (Å²) in [6, 6.07) is -0.216. The molecule has 6 heteroatoms. The van der Waals surface area contributed by atoms with E-state index in [1.807, 2.05) is 0 Å². The zero-order valence-corrected chi connectivity index (χ0v) is 11.5. The lowest BCUT2D eigenvalue weighted by Crippen LogP contribution is -2.59. The van der Waals surface area contributed by atoms with Gasteiger partial charge in [-0.15, -0.1) is 0 Å². The zero-order chi connectivity index (χ0) is 13.2. The highest BCUT2D eigenvalue weighted by molar-refractivity contribution is 7.99. The molecule has 0 bridgehead atoms. The molecular weight excluding hydrogens is 252 g/mol. The van der Waals surface area contributed by atoms with Crippen LogP contribution in [0.5, 0.6) is 0 Å². The van der Waals surface area contributed by atoms with Gasteiger partial charge in [0.25, 0.3) is 0 Å². The zero-order valence-electron chi connectivity index (χ0n) is 10.6. The van der Waals surface area contributed by atoms with Gasteiger partial charge < -0.3 is 15.3 Å². The number of hydrogen-bond donors (Lipinski definition) is 2. The summed E-state index contributed by atoms with van der Waals surface area (Å²) in [6.45, 7) is 3.59. The molecule has 0 spiro atoms. The topological polar surface area (TPSA) is 69.6 Å². The number of amides is 2. The number of carboxylic acids is 1. The molecule has 0 aromatic rings. The molecule has 0 saturated carbocycles. The van der Waals surface area contributed by atoms with Crippen molar-refractivity contribution in [1.29, 1.82) is 0 Å². The Labute approximate surface area is 111 Å². The summed E-state index contributed by atoms with van der Waals surface area (Å²) < 4.78 is 0. The number of likely N-dealkylation sites (tertiary alicyclic amines) is 1. The van der Waals surface area contributed by atoms with E-state index in [-0.39, 0.29) is 6.03 Å². The fourth-order valence-electron chi connectivity index (χ4n) is 2.54. The molecule has 2 unspecified atom stereocenters. The van der Waals surface area contributed by atoms with Crippen LogP contribution >= 0.6 is 11.8 Å². The Morgan fingerprint density at radius 3 is 2.83 bits per heavy atom. The van der Waals surface area contributed by atoms with Gasteiger partial charge in [-0.05, 0) is 30.9 Å². The first-order valence-electron chi connectivity index (χ1n) is 6.42. The largest absolute Gasteiger partial charge is 0.479 e. The second-order valence-electron chi connectivity index (χ2n) is 5.31. The highest BCUT2D eigenvalue weighted by atomic mass is 32.2. The number of carbonyl (C=O) groups excluding carboxylic acids is 1. The van der Waals surface area contributed by atoms with Gasteiger partial charge in [0.2, 0.25) is 0 Å². The highest BCUT2D eigenvalue weighted by Gasteiger charge is 2.44. The van der Waals surface area contributed by atoms with Crippen LogP contribution in [0.1, 0.15) is 26.2 Å². The van der Waals surface area contributed by atoms with Crippen molar-refractivity contribution in [2.75, 3.05) is 24.6 Å². The highest BCUT2D eigenvalue weighted by Crippen LogP contribution is 2.28. The number of aliphatic carboxylic acids is 1. The van der Waals surface area contributed by atoms with Crippen LogP contribution in [-0.4, -0.2) is 52.1 Å². The van der Waals surface area contributed by atoms with Crippen LogP contribution in [0.2, 0.25) is 0 Å². The maximum absolute atomic E-state index is 12.2. The predicted molar refractivity (Wildman–Crippen MR) is 70.8 cm³/mol. The first-order valence-corrected chi connectivity index (χ1v) is 7.57. The third kappa shape index (κ3) is 2.74. The normalized spacial score (nSPS) is 32.3. The summed E-state index contributed by atoms with van der Waals surface area (Å²) in [7, 11) is 0. The van der Waals surface area contributed by atoms with Crippen LogP contribution in [0.4, 0.5) is 4.79 Å². The molecule has 0 aromatic carbocycles. The summed E-state index contributed by atoms with van der Waals surface area (Å²) in [4.78, 5) is 25.3. The predicted octanol–water partition coefficient (Wildman–Crippen LogP) is 1.39. The van der Waals surface area contributed by atoms with Gasteiger partial charge in [-0.25, -0.2) is 9.59 Å². The Morgan fingerprint density at radius 1 is 1.50 bits per heavy atom. The molecular formula is C12H20N2O3S. The number of nitrogens with zero attached hydrogens (tertiary/aromatic N) is 1. The lowest BCUT2D eigenvalue weighted by atomic mass is 9.98. The standard InChI is InChI=1S/C12H20N2O3S/c1-9-3-2-5-14(7-9)11(17)13-12(10(15)16)4-6-18-8-12/h9H,2-8H2,1H3,(H,13,17)(H,15,16). The van der Waals surface area contributed by atoms with Crippen molar-refractivity contribution < 1.29 is 14.7 Å². The first-order chi connectivity index (χ1) is 8.53. The molecule has 2 amide bonds. The second-order valence-corrected chi connectivity index (χ2v) is 6.42. The Balaban J connectivity index is 1.99. The molecule has 2 aliphatic heterocycles. The molecule has 2 saturated heterocycles. The summed E-state index contributed by atoms with van der Waals surface area (Å²) >= 11 is 1.58. The van der Waals surface area contributed by atoms with Crippen LogP contribution < -0.4 is 5.32 Å². The van der Waals surface area contributed by atoms with E-state index < -0.39 is 11.5 Å². The van der Waals surface area contributed by atoms with E-state index in [9.17, 15) is 14.7 Å². The fourth-order valence-corrected chi connectivity index (χ4v) is 3.87. The third-order valence-electron chi connectivity index (χ3n) is 3.72. The molecule has 2 N–H and O–H groups in total. The molecule has 0 radical (unpaired) electrons. The van der Waals surface area contributed by atoms with Gasteiger partial charge >= 0.3 is 12.0 Å². The average molecular weight is 272 g/mol. The second kappa shape index (κ2) is 5.38. The number of rotatable bonds is 2. The minimum absolute atomic E-state index is 0.216. The SMILES string of the molecule is CC1CCCN(C(=O)NC2(C(=O)O)CCSC2)C1. The monoisotopic (exact) mass is 272 g/mol. The Hall–Kier alpha value is -0.910. The van der Waals surface area contributed by atoms with Crippen molar-refractivity contribution >= 4 is 23.8 Å². The molecule has 2 heterocycles. The van der Waals surface area contributed by atoms with E-state index in [2.05, 4.69) is 12.2 Å². The lowest BCUT2D eigenvalue weighted by Gasteiger charge is -2.34. The van der Waals surface area contributed by atoms with E-state index >= 15 is 0 Å². The molecule has 102 valence electrons. The van der Waals surface area contributed by atoms with Crippen LogP contribution in [0.25, 0.3) is 0 Å². The van der Waals surface area contributed by atoms with E-state index in [1.165, 1.54) is 0 Å². The maximum Gasteiger partial charge on any atom is 0.330 e. The Kier molecular flexibility index (Phi) is 4.04. The van der Waals surface area contributed by atoms with Crippen molar-refractivity contribution in [2.24, 2.45) is 5.92 Å².